The Morgan fingerprint density at radius 1 is 1.07 bits per heavy atom. The number of rotatable bonds is 11. The first-order valence-corrected chi connectivity index (χ1v) is 9.95. The van der Waals surface area contributed by atoms with Crippen LogP contribution >= 0.6 is 0 Å². The van der Waals surface area contributed by atoms with Gasteiger partial charge < -0.3 is 19.1 Å². The van der Waals surface area contributed by atoms with Gasteiger partial charge in [-0.3, -0.25) is 4.90 Å². The molecule has 1 aromatic carbocycles. The van der Waals surface area contributed by atoms with Crippen molar-refractivity contribution in [3.63, 3.8) is 0 Å². The number of hydrogen-bond acceptors (Lipinski definition) is 4. The Kier molecular flexibility index (Phi) is 8.70. The van der Waals surface area contributed by atoms with Gasteiger partial charge in [0, 0.05) is 52.3 Å². The number of benzene rings is 1. The van der Waals surface area contributed by atoms with Gasteiger partial charge in [-0.2, -0.15) is 0 Å². The second kappa shape index (κ2) is 10.8. The Labute approximate surface area is 169 Å². The number of ether oxygens (including phenoxy) is 2. The van der Waals surface area contributed by atoms with Crippen molar-refractivity contribution in [2.24, 2.45) is 0 Å². The number of hydrogen-bond donors (Lipinski definition) is 1. The van der Waals surface area contributed by atoms with Crippen molar-refractivity contribution in [3.8, 4) is 0 Å². The molecule has 0 bridgehead atoms. The minimum Gasteiger partial charge on any atom is -0.389 e. The zero-order valence-electron chi connectivity index (χ0n) is 18.0. The zero-order valence-corrected chi connectivity index (χ0v) is 18.0. The number of aromatic nitrogens is 1. The van der Waals surface area contributed by atoms with Gasteiger partial charge in [0.15, 0.2) is 0 Å². The minimum absolute atomic E-state index is 0.169. The fraction of sp³-hybridized carbons (Fsp3) is 0.565. The first kappa shape index (κ1) is 22.6. The van der Waals surface area contributed by atoms with Gasteiger partial charge in [-0.1, -0.05) is 45.0 Å². The molecular weight excluding hydrogens is 352 g/mol. The standard InChI is InChI=1S/C23H36N2O3/c1-23(2,3)20-10-8-19(9-11-20)15-25-12-6-7-21(25)16-24(13-14-27-4)17-22(26)18-28-5/h6-12,22,26H,13-18H2,1-5H3. The first-order chi connectivity index (χ1) is 13.3. The van der Waals surface area contributed by atoms with Crippen LogP contribution in [0.4, 0.5) is 0 Å². The SMILES string of the molecule is COCCN(Cc1cccn1Cc1ccc(C(C)(C)C)cc1)CC(O)COC. The summed E-state index contributed by atoms with van der Waals surface area (Å²) >= 11 is 0. The van der Waals surface area contributed by atoms with E-state index in [9.17, 15) is 5.11 Å². The van der Waals surface area contributed by atoms with Crippen molar-refractivity contribution in [1.82, 2.24) is 9.47 Å². The van der Waals surface area contributed by atoms with Crippen LogP contribution < -0.4 is 0 Å². The molecule has 5 heteroatoms. The van der Waals surface area contributed by atoms with E-state index in [1.54, 1.807) is 14.2 Å². The topological polar surface area (TPSA) is 46.9 Å². The molecule has 0 amide bonds. The summed E-state index contributed by atoms with van der Waals surface area (Å²) in [5.74, 6) is 0. The highest BCUT2D eigenvalue weighted by atomic mass is 16.5. The maximum Gasteiger partial charge on any atom is 0.0900 e. The van der Waals surface area contributed by atoms with Gasteiger partial charge in [0.05, 0.1) is 19.3 Å². The Bertz CT molecular complexity index is 689. The number of aliphatic hydroxyl groups excluding tert-OH is 1. The molecule has 2 rings (SSSR count). The van der Waals surface area contributed by atoms with E-state index < -0.39 is 6.10 Å². The van der Waals surface area contributed by atoms with E-state index >= 15 is 0 Å². The van der Waals surface area contributed by atoms with Gasteiger partial charge in [-0.05, 0) is 28.7 Å². The smallest absolute Gasteiger partial charge is 0.0900 e. The molecule has 0 aliphatic heterocycles. The summed E-state index contributed by atoms with van der Waals surface area (Å²) in [5, 5.41) is 10.1. The van der Waals surface area contributed by atoms with Crippen LogP contribution in [0.3, 0.4) is 0 Å². The van der Waals surface area contributed by atoms with Crippen LogP contribution in [0.1, 0.15) is 37.6 Å². The molecule has 0 spiro atoms. The summed E-state index contributed by atoms with van der Waals surface area (Å²) < 4.78 is 12.6. The molecule has 0 saturated heterocycles. The summed E-state index contributed by atoms with van der Waals surface area (Å²) in [6, 6.07) is 13.1. The van der Waals surface area contributed by atoms with E-state index in [-0.39, 0.29) is 5.41 Å². The quantitative estimate of drug-likeness (QED) is 0.642. The van der Waals surface area contributed by atoms with Crippen LogP contribution in [-0.2, 0) is 28.0 Å². The van der Waals surface area contributed by atoms with Gasteiger partial charge in [-0.15, -0.1) is 0 Å². The number of methoxy groups -OCH3 is 2. The summed E-state index contributed by atoms with van der Waals surface area (Å²) in [6.07, 6.45) is 1.61. The molecule has 5 nitrogen and oxygen atoms in total. The second-order valence-corrected chi connectivity index (χ2v) is 8.41. The molecule has 1 N–H and O–H groups in total. The van der Waals surface area contributed by atoms with Crippen LogP contribution in [-0.4, -0.2) is 61.2 Å². The molecule has 0 aliphatic carbocycles. The van der Waals surface area contributed by atoms with E-state index in [2.05, 4.69) is 72.8 Å². The third-order valence-electron chi connectivity index (χ3n) is 4.92. The van der Waals surface area contributed by atoms with Crippen molar-refractivity contribution < 1.29 is 14.6 Å². The average molecular weight is 389 g/mol. The molecule has 0 fully saturated rings. The Hall–Kier alpha value is -1.66. The van der Waals surface area contributed by atoms with Crippen molar-refractivity contribution in [1.29, 1.82) is 0 Å². The lowest BCUT2D eigenvalue weighted by Gasteiger charge is -2.25. The molecule has 156 valence electrons. The van der Waals surface area contributed by atoms with Crippen molar-refractivity contribution in [2.45, 2.75) is 45.4 Å². The third kappa shape index (κ3) is 7.06. The molecular formula is C23H36N2O3. The zero-order chi connectivity index (χ0) is 20.6. The highest BCUT2D eigenvalue weighted by Gasteiger charge is 2.15. The van der Waals surface area contributed by atoms with Crippen molar-refractivity contribution in [2.75, 3.05) is 40.5 Å². The van der Waals surface area contributed by atoms with E-state index in [1.807, 2.05) is 0 Å². The number of nitrogens with zero attached hydrogens (tertiary/aromatic N) is 2. The monoisotopic (exact) mass is 388 g/mol. The molecule has 1 aromatic heterocycles. The molecule has 0 aliphatic rings. The molecule has 0 saturated carbocycles. The van der Waals surface area contributed by atoms with Gasteiger partial charge in [0.25, 0.3) is 0 Å². The van der Waals surface area contributed by atoms with Crippen LogP contribution in [0.5, 0.6) is 0 Å². The largest absolute Gasteiger partial charge is 0.389 e. The fourth-order valence-electron chi connectivity index (χ4n) is 3.28. The Balaban J connectivity index is 2.06. The van der Waals surface area contributed by atoms with Crippen LogP contribution in [0.25, 0.3) is 0 Å². The molecule has 0 radical (unpaired) electrons. The summed E-state index contributed by atoms with van der Waals surface area (Å²) in [4.78, 5) is 2.21. The third-order valence-corrected chi connectivity index (χ3v) is 4.92. The molecule has 1 atom stereocenters. The normalized spacial score (nSPS) is 13.2. The predicted molar refractivity (Wildman–Crippen MR) is 114 cm³/mol. The van der Waals surface area contributed by atoms with Gasteiger partial charge in [0.1, 0.15) is 0 Å². The highest BCUT2D eigenvalue weighted by molar-refractivity contribution is 5.28. The minimum atomic E-state index is -0.504. The van der Waals surface area contributed by atoms with Crippen LogP contribution in [0.15, 0.2) is 42.6 Å². The molecule has 2 aromatic rings. The molecule has 1 unspecified atom stereocenters. The van der Waals surface area contributed by atoms with Gasteiger partial charge in [-0.25, -0.2) is 0 Å². The summed E-state index contributed by atoms with van der Waals surface area (Å²) in [7, 11) is 3.31. The molecule has 28 heavy (non-hydrogen) atoms. The van der Waals surface area contributed by atoms with Crippen LogP contribution in [0.2, 0.25) is 0 Å². The van der Waals surface area contributed by atoms with Crippen LogP contribution in [0, 0.1) is 0 Å². The average Bonchev–Trinajstić information content (AvgIpc) is 3.06. The van der Waals surface area contributed by atoms with E-state index in [0.717, 1.165) is 19.6 Å². The highest BCUT2D eigenvalue weighted by Crippen LogP contribution is 2.22. The van der Waals surface area contributed by atoms with Crippen molar-refractivity contribution in [3.05, 3.63) is 59.4 Å². The lowest BCUT2D eigenvalue weighted by Crippen LogP contribution is -2.36. The van der Waals surface area contributed by atoms with Crippen molar-refractivity contribution >= 4 is 0 Å². The predicted octanol–water partition coefficient (Wildman–Crippen LogP) is 3.29. The lowest BCUT2D eigenvalue weighted by atomic mass is 9.87. The van der Waals surface area contributed by atoms with E-state index in [1.165, 1.54) is 16.8 Å². The Morgan fingerprint density at radius 2 is 1.79 bits per heavy atom. The maximum atomic E-state index is 10.1. The summed E-state index contributed by atoms with van der Waals surface area (Å²) in [5.41, 5.74) is 4.03. The molecule has 1 heterocycles. The second-order valence-electron chi connectivity index (χ2n) is 8.41. The van der Waals surface area contributed by atoms with Gasteiger partial charge >= 0.3 is 0 Å². The van der Waals surface area contributed by atoms with Gasteiger partial charge in [0.2, 0.25) is 0 Å². The van der Waals surface area contributed by atoms with E-state index in [0.29, 0.717) is 19.8 Å². The lowest BCUT2D eigenvalue weighted by molar-refractivity contribution is 0.0288. The maximum absolute atomic E-state index is 10.1. The van der Waals surface area contributed by atoms with E-state index in [4.69, 9.17) is 9.47 Å². The Morgan fingerprint density at radius 3 is 2.39 bits per heavy atom. The summed E-state index contributed by atoms with van der Waals surface area (Å²) in [6.45, 7) is 10.6. The number of aliphatic hydroxyl groups is 1. The first-order valence-electron chi connectivity index (χ1n) is 9.95. The fourth-order valence-corrected chi connectivity index (χ4v) is 3.28.